The summed E-state index contributed by atoms with van der Waals surface area (Å²) in [4.78, 5) is 0. The first-order chi connectivity index (χ1) is 8.45. The van der Waals surface area contributed by atoms with Gasteiger partial charge in [0.25, 0.3) is 0 Å². The minimum Gasteiger partial charge on any atom is -0.310 e. The summed E-state index contributed by atoms with van der Waals surface area (Å²) in [5.41, 5.74) is 1.57. The minimum atomic E-state index is 0.337. The first-order valence-electron chi connectivity index (χ1n) is 6.64. The maximum absolute atomic E-state index is 6.34. The van der Waals surface area contributed by atoms with Crippen molar-refractivity contribution < 1.29 is 0 Å². The zero-order chi connectivity index (χ0) is 13.3. The topological polar surface area (TPSA) is 12.0 Å². The van der Waals surface area contributed by atoms with Gasteiger partial charge in [0.15, 0.2) is 0 Å². The predicted octanol–water partition coefficient (Wildman–Crippen LogP) is 5.53. The lowest BCUT2D eigenvalue weighted by Gasteiger charge is -2.34. The first kappa shape index (κ1) is 14.6. The molecular weight excluding hydrogens is 285 g/mol. The van der Waals surface area contributed by atoms with Gasteiger partial charge in [0, 0.05) is 11.6 Å². The van der Waals surface area contributed by atoms with Crippen molar-refractivity contribution in [1.29, 1.82) is 0 Å². The van der Waals surface area contributed by atoms with Crippen LogP contribution in [0.15, 0.2) is 6.07 Å². The average molecular weight is 306 g/mol. The van der Waals surface area contributed by atoms with Gasteiger partial charge in [-0.15, -0.1) is 11.3 Å². The second-order valence-corrected chi connectivity index (χ2v) is 8.09. The van der Waals surface area contributed by atoms with Crippen molar-refractivity contribution in [1.82, 2.24) is 5.32 Å². The Balaban J connectivity index is 2.31. The van der Waals surface area contributed by atoms with Crippen molar-refractivity contribution in [3.63, 3.8) is 0 Å². The van der Waals surface area contributed by atoms with Crippen molar-refractivity contribution in [3.8, 4) is 0 Å². The van der Waals surface area contributed by atoms with Crippen molar-refractivity contribution >= 4 is 34.5 Å². The summed E-state index contributed by atoms with van der Waals surface area (Å²) in [6.07, 6.45) is 3.89. The van der Waals surface area contributed by atoms with E-state index in [-0.39, 0.29) is 0 Å². The molecular formula is C14H21Cl2NS. The van der Waals surface area contributed by atoms with Gasteiger partial charge in [-0.2, -0.15) is 0 Å². The van der Waals surface area contributed by atoms with Gasteiger partial charge in [0.2, 0.25) is 0 Å². The number of rotatable bonds is 4. The maximum atomic E-state index is 6.34. The third kappa shape index (κ3) is 2.87. The van der Waals surface area contributed by atoms with Crippen LogP contribution in [-0.2, 0) is 0 Å². The van der Waals surface area contributed by atoms with Gasteiger partial charge in [-0.25, -0.2) is 0 Å². The van der Waals surface area contributed by atoms with E-state index in [1.165, 1.54) is 36.2 Å². The van der Waals surface area contributed by atoms with Crippen molar-refractivity contribution in [3.05, 3.63) is 20.3 Å². The highest BCUT2D eigenvalue weighted by molar-refractivity contribution is 7.20. The van der Waals surface area contributed by atoms with Crippen LogP contribution in [-0.4, -0.2) is 6.54 Å². The highest BCUT2D eigenvalue weighted by Gasteiger charge is 2.40. The normalized spacial score (nSPS) is 24.4. The van der Waals surface area contributed by atoms with E-state index in [0.29, 0.717) is 17.4 Å². The monoisotopic (exact) mass is 305 g/mol. The molecule has 1 aliphatic rings. The summed E-state index contributed by atoms with van der Waals surface area (Å²) in [7, 11) is 0. The summed E-state index contributed by atoms with van der Waals surface area (Å²) in [5.74, 6) is 0.639. The third-order valence-corrected chi connectivity index (χ3v) is 5.70. The van der Waals surface area contributed by atoms with E-state index in [0.717, 1.165) is 15.2 Å². The standard InChI is InChI=1S/C14H21Cl2NS/c1-4-17-12(9-8-11(15)18-13(9)16)10-6-5-7-14(10,2)3/h8,10,12,17H,4-7H2,1-3H3. The Hall–Kier alpha value is 0.240. The fourth-order valence-corrected chi connectivity index (χ4v) is 4.78. The van der Waals surface area contributed by atoms with Crippen LogP contribution in [0.5, 0.6) is 0 Å². The molecule has 2 atom stereocenters. The zero-order valence-corrected chi connectivity index (χ0v) is 13.6. The molecule has 1 N–H and O–H groups in total. The molecule has 0 bridgehead atoms. The van der Waals surface area contributed by atoms with Gasteiger partial charge in [-0.05, 0) is 36.8 Å². The minimum absolute atomic E-state index is 0.337. The Morgan fingerprint density at radius 2 is 2.22 bits per heavy atom. The lowest BCUT2D eigenvalue weighted by Crippen LogP contribution is -2.33. The lowest BCUT2D eigenvalue weighted by molar-refractivity contribution is 0.199. The molecule has 1 aromatic rings. The highest BCUT2D eigenvalue weighted by Crippen LogP contribution is 2.50. The molecule has 1 heterocycles. The van der Waals surface area contributed by atoms with E-state index >= 15 is 0 Å². The number of hydrogen-bond donors (Lipinski definition) is 1. The molecule has 0 spiro atoms. The Labute approximate surface area is 124 Å². The summed E-state index contributed by atoms with van der Waals surface area (Å²) < 4.78 is 1.63. The molecule has 2 rings (SSSR count). The Morgan fingerprint density at radius 1 is 1.50 bits per heavy atom. The van der Waals surface area contributed by atoms with E-state index in [1.807, 2.05) is 6.07 Å². The first-order valence-corrected chi connectivity index (χ1v) is 8.21. The number of hydrogen-bond acceptors (Lipinski definition) is 2. The molecule has 1 nitrogen and oxygen atoms in total. The zero-order valence-electron chi connectivity index (χ0n) is 11.2. The smallest absolute Gasteiger partial charge is 0.0992 e. The quantitative estimate of drug-likeness (QED) is 0.771. The van der Waals surface area contributed by atoms with E-state index < -0.39 is 0 Å². The Bertz CT molecular complexity index is 414. The van der Waals surface area contributed by atoms with E-state index in [4.69, 9.17) is 23.2 Å². The Kier molecular flexibility index (Phi) is 4.64. The van der Waals surface area contributed by atoms with Crippen LogP contribution in [0.1, 0.15) is 51.6 Å². The maximum Gasteiger partial charge on any atom is 0.0992 e. The van der Waals surface area contributed by atoms with Gasteiger partial charge in [-0.1, -0.05) is 50.4 Å². The second kappa shape index (κ2) is 5.70. The van der Waals surface area contributed by atoms with Crippen molar-refractivity contribution in [2.75, 3.05) is 6.54 Å². The molecule has 0 aromatic carbocycles. The van der Waals surface area contributed by atoms with Gasteiger partial charge in [0.05, 0.1) is 8.67 Å². The van der Waals surface area contributed by atoms with Crippen LogP contribution in [0.3, 0.4) is 0 Å². The molecule has 2 unspecified atom stereocenters. The molecule has 0 amide bonds. The van der Waals surface area contributed by atoms with Crippen LogP contribution in [0.4, 0.5) is 0 Å². The molecule has 18 heavy (non-hydrogen) atoms. The second-order valence-electron chi connectivity index (χ2n) is 5.80. The number of halogens is 2. The summed E-state index contributed by atoms with van der Waals surface area (Å²) in [6, 6.07) is 2.37. The number of nitrogens with one attached hydrogen (secondary N) is 1. The third-order valence-electron chi connectivity index (χ3n) is 4.18. The van der Waals surface area contributed by atoms with Gasteiger partial charge >= 0.3 is 0 Å². The van der Waals surface area contributed by atoms with Gasteiger partial charge in [0.1, 0.15) is 0 Å². The van der Waals surface area contributed by atoms with Gasteiger partial charge in [-0.3, -0.25) is 0 Å². The van der Waals surface area contributed by atoms with Crippen LogP contribution in [0.2, 0.25) is 8.67 Å². The van der Waals surface area contributed by atoms with Crippen molar-refractivity contribution in [2.24, 2.45) is 11.3 Å². The largest absolute Gasteiger partial charge is 0.310 e. The van der Waals surface area contributed by atoms with Crippen LogP contribution < -0.4 is 5.32 Å². The highest BCUT2D eigenvalue weighted by atomic mass is 35.5. The van der Waals surface area contributed by atoms with Crippen LogP contribution >= 0.6 is 34.5 Å². The number of thiophene rings is 1. The fraction of sp³-hybridized carbons (Fsp3) is 0.714. The molecule has 1 saturated carbocycles. The molecule has 1 aromatic heterocycles. The molecule has 0 saturated heterocycles. The summed E-state index contributed by atoms with van der Waals surface area (Å²) in [5, 5.41) is 3.61. The Morgan fingerprint density at radius 3 is 2.67 bits per heavy atom. The van der Waals surface area contributed by atoms with Gasteiger partial charge < -0.3 is 5.32 Å². The van der Waals surface area contributed by atoms with E-state index in [1.54, 1.807) is 0 Å². The van der Waals surface area contributed by atoms with Crippen molar-refractivity contribution in [2.45, 2.75) is 46.1 Å². The average Bonchev–Trinajstić information content (AvgIpc) is 2.78. The summed E-state index contributed by atoms with van der Waals surface area (Å²) in [6.45, 7) is 7.85. The van der Waals surface area contributed by atoms with Crippen LogP contribution in [0, 0.1) is 11.3 Å². The lowest BCUT2D eigenvalue weighted by atomic mass is 9.76. The molecule has 1 fully saturated rings. The SMILES string of the molecule is CCNC(c1cc(Cl)sc1Cl)C1CCCC1(C)C. The molecule has 0 aliphatic heterocycles. The molecule has 4 heteroatoms. The van der Waals surface area contributed by atoms with E-state index in [2.05, 4.69) is 26.1 Å². The summed E-state index contributed by atoms with van der Waals surface area (Å²) >= 11 is 13.9. The van der Waals surface area contributed by atoms with Crippen LogP contribution in [0.25, 0.3) is 0 Å². The molecule has 1 aliphatic carbocycles. The van der Waals surface area contributed by atoms with E-state index in [9.17, 15) is 0 Å². The predicted molar refractivity (Wildman–Crippen MR) is 81.9 cm³/mol. The fourth-order valence-electron chi connectivity index (χ4n) is 3.23. The molecule has 102 valence electrons. The molecule has 0 radical (unpaired) electrons.